The van der Waals surface area contributed by atoms with Gasteiger partial charge in [-0.1, -0.05) is 6.07 Å². The van der Waals surface area contributed by atoms with E-state index in [0.29, 0.717) is 12.6 Å². The average Bonchev–Trinajstić information content (AvgIpc) is 3.08. The zero-order chi connectivity index (χ0) is 17.9. The molecule has 3 aromatic rings. The van der Waals surface area contributed by atoms with Gasteiger partial charge in [0.05, 0.1) is 17.4 Å². The average molecular weight is 350 g/mol. The fraction of sp³-hybridized carbons (Fsp3) is 0.368. The molecule has 0 fully saturated rings. The van der Waals surface area contributed by atoms with Gasteiger partial charge in [-0.05, 0) is 38.1 Å². The SMILES string of the molecule is Cc1cccc(CN2Cc3ccnn3C(COc3nccc(C)n3)C2)n1. The van der Waals surface area contributed by atoms with Crippen LogP contribution in [0.2, 0.25) is 0 Å². The van der Waals surface area contributed by atoms with Crippen molar-refractivity contribution in [2.24, 2.45) is 0 Å². The van der Waals surface area contributed by atoms with Gasteiger partial charge in [-0.3, -0.25) is 14.6 Å². The van der Waals surface area contributed by atoms with Crippen molar-refractivity contribution < 1.29 is 4.74 Å². The maximum Gasteiger partial charge on any atom is 0.316 e. The van der Waals surface area contributed by atoms with E-state index in [2.05, 4.69) is 47.8 Å². The third kappa shape index (κ3) is 3.72. The summed E-state index contributed by atoms with van der Waals surface area (Å²) in [6.45, 7) is 6.94. The highest BCUT2D eigenvalue weighted by Gasteiger charge is 2.26. The lowest BCUT2D eigenvalue weighted by molar-refractivity contribution is 0.122. The van der Waals surface area contributed by atoms with Gasteiger partial charge in [0.25, 0.3) is 0 Å². The number of rotatable bonds is 5. The van der Waals surface area contributed by atoms with Crippen LogP contribution in [0.25, 0.3) is 0 Å². The Hall–Kier alpha value is -2.80. The summed E-state index contributed by atoms with van der Waals surface area (Å²) < 4.78 is 7.90. The second-order valence-corrected chi connectivity index (χ2v) is 6.65. The molecule has 0 saturated heterocycles. The topological polar surface area (TPSA) is 69.0 Å². The van der Waals surface area contributed by atoms with E-state index in [1.165, 1.54) is 5.69 Å². The van der Waals surface area contributed by atoms with Crippen LogP contribution < -0.4 is 4.74 Å². The van der Waals surface area contributed by atoms with Crippen LogP contribution in [0.4, 0.5) is 0 Å². The first kappa shape index (κ1) is 16.7. The summed E-state index contributed by atoms with van der Waals surface area (Å²) in [5.74, 6) is 0. The molecule has 1 aliphatic rings. The normalized spacial score (nSPS) is 17.1. The van der Waals surface area contributed by atoms with Gasteiger partial charge in [0.1, 0.15) is 6.61 Å². The molecule has 134 valence electrons. The van der Waals surface area contributed by atoms with Crippen molar-refractivity contribution in [1.82, 2.24) is 29.6 Å². The summed E-state index contributed by atoms with van der Waals surface area (Å²) >= 11 is 0. The van der Waals surface area contributed by atoms with Crippen molar-refractivity contribution in [3.8, 4) is 6.01 Å². The molecule has 0 radical (unpaired) electrons. The predicted octanol–water partition coefficient (Wildman–Crippen LogP) is 2.32. The van der Waals surface area contributed by atoms with E-state index in [1.54, 1.807) is 6.20 Å². The second-order valence-electron chi connectivity index (χ2n) is 6.65. The van der Waals surface area contributed by atoms with E-state index < -0.39 is 0 Å². The van der Waals surface area contributed by atoms with E-state index in [4.69, 9.17) is 4.74 Å². The van der Waals surface area contributed by atoms with E-state index in [9.17, 15) is 0 Å². The maximum absolute atomic E-state index is 5.84. The van der Waals surface area contributed by atoms with Crippen LogP contribution in [0.3, 0.4) is 0 Å². The van der Waals surface area contributed by atoms with Gasteiger partial charge < -0.3 is 4.74 Å². The molecule has 3 aromatic heterocycles. The van der Waals surface area contributed by atoms with E-state index >= 15 is 0 Å². The highest BCUT2D eigenvalue weighted by Crippen LogP contribution is 2.22. The predicted molar refractivity (Wildman–Crippen MR) is 96.6 cm³/mol. The lowest BCUT2D eigenvalue weighted by atomic mass is 10.2. The Morgan fingerprint density at radius 2 is 1.96 bits per heavy atom. The number of fused-ring (bicyclic) bond motifs is 1. The van der Waals surface area contributed by atoms with E-state index in [0.717, 1.165) is 36.7 Å². The van der Waals surface area contributed by atoms with Crippen molar-refractivity contribution in [2.45, 2.75) is 33.0 Å². The Morgan fingerprint density at radius 1 is 1.08 bits per heavy atom. The first-order valence-electron chi connectivity index (χ1n) is 8.77. The summed E-state index contributed by atoms with van der Waals surface area (Å²) in [6, 6.07) is 10.6. The largest absolute Gasteiger partial charge is 0.461 e. The minimum Gasteiger partial charge on any atom is -0.461 e. The molecule has 0 spiro atoms. The third-order valence-corrected chi connectivity index (χ3v) is 4.46. The van der Waals surface area contributed by atoms with Crippen LogP contribution in [0.5, 0.6) is 6.01 Å². The lowest BCUT2D eigenvalue weighted by Crippen LogP contribution is -2.39. The molecule has 4 rings (SSSR count). The van der Waals surface area contributed by atoms with E-state index in [1.807, 2.05) is 32.2 Å². The Labute approximate surface area is 152 Å². The third-order valence-electron chi connectivity index (χ3n) is 4.46. The maximum atomic E-state index is 5.84. The Bertz CT molecular complexity index is 893. The van der Waals surface area contributed by atoms with Gasteiger partial charge in [0.2, 0.25) is 0 Å². The van der Waals surface area contributed by atoms with Crippen LogP contribution in [0, 0.1) is 13.8 Å². The first-order valence-corrected chi connectivity index (χ1v) is 8.77. The summed E-state index contributed by atoms with van der Waals surface area (Å²) in [7, 11) is 0. The molecule has 0 saturated carbocycles. The van der Waals surface area contributed by atoms with Gasteiger partial charge in [-0.25, -0.2) is 9.97 Å². The fourth-order valence-corrected chi connectivity index (χ4v) is 3.29. The molecule has 0 bridgehead atoms. The van der Waals surface area contributed by atoms with Crippen molar-refractivity contribution in [3.05, 3.63) is 65.5 Å². The number of hydrogen-bond donors (Lipinski definition) is 0. The van der Waals surface area contributed by atoms with Crippen LogP contribution in [-0.2, 0) is 13.1 Å². The van der Waals surface area contributed by atoms with Crippen molar-refractivity contribution in [1.29, 1.82) is 0 Å². The minimum absolute atomic E-state index is 0.114. The Morgan fingerprint density at radius 3 is 2.81 bits per heavy atom. The molecule has 0 aliphatic carbocycles. The van der Waals surface area contributed by atoms with Crippen LogP contribution >= 0.6 is 0 Å². The quantitative estimate of drug-likeness (QED) is 0.703. The number of aryl methyl sites for hydroxylation is 2. The molecule has 7 nitrogen and oxygen atoms in total. The molecule has 4 heterocycles. The Kier molecular flexibility index (Phi) is 4.62. The van der Waals surface area contributed by atoms with Crippen LogP contribution in [-0.4, -0.2) is 42.8 Å². The highest BCUT2D eigenvalue weighted by molar-refractivity contribution is 5.12. The minimum atomic E-state index is 0.114. The molecule has 1 atom stereocenters. The number of aromatic nitrogens is 5. The number of nitrogens with zero attached hydrogens (tertiary/aromatic N) is 6. The standard InChI is InChI=1S/C19H22N6O/c1-14-4-3-5-16(22-14)10-24-11-17-7-9-21-25(17)18(12-24)13-26-19-20-8-6-15(2)23-19/h3-9,18H,10-13H2,1-2H3. The first-order chi connectivity index (χ1) is 12.7. The summed E-state index contributed by atoms with van der Waals surface area (Å²) in [4.78, 5) is 15.5. The van der Waals surface area contributed by atoms with Gasteiger partial charge in [0.15, 0.2) is 0 Å². The zero-order valence-corrected chi connectivity index (χ0v) is 15.0. The summed E-state index contributed by atoms with van der Waals surface area (Å²) in [5.41, 5.74) is 4.20. The molecule has 26 heavy (non-hydrogen) atoms. The van der Waals surface area contributed by atoms with Gasteiger partial charge in [-0.2, -0.15) is 5.10 Å². The molecule has 7 heteroatoms. The lowest BCUT2D eigenvalue weighted by Gasteiger charge is -2.33. The highest BCUT2D eigenvalue weighted by atomic mass is 16.5. The molecule has 0 amide bonds. The zero-order valence-electron chi connectivity index (χ0n) is 15.0. The smallest absolute Gasteiger partial charge is 0.316 e. The van der Waals surface area contributed by atoms with Crippen molar-refractivity contribution in [3.63, 3.8) is 0 Å². The van der Waals surface area contributed by atoms with Crippen molar-refractivity contribution >= 4 is 0 Å². The monoisotopic (exact) mass is 350 g/mol. The van der Waals surface area contributed by atoms with Gasteiger partial charge in [-0.15, -0.1) is 0 Å². The van der Waals surface area contributed by atoms with Crippen LogP contribution in [0.1, 0.15) is 28.8 Å². The van der Waals surface area contributed by atoms with Crippen molar-refractivity contribution in [2.75, 3.05) is 13.2 Å². The fourth-order valence-electron chi connectivity index (χ4n) is 3.29. The van der Waals surface area contributed by atoms with Crippen LogP contribution in [0.15, 0.2) is 42.7 Å². The number of ether oxygens (including phenoxy) is 1. The molecule has 1 aliphatic heterocycles. The molecule has 0 N–H and O–H groups in total. The molecule has 1 unspecified atom stereocenters. The molecular formula is C19H22N6O. The summed E-state index contributed by atoms with van der Waals surface area (Å²) in [5, 5.41) is 4.48. The van der Waals surface area contributed by atoms with Gasteiger partial charge >= 0.3 is 6.01 Å². The number of hydrogen-bond acceptors (Lipinski definition) is 6. The van der Waals surface area contributed by atoms with Gasteiger partial charge in [0, 0.05) is 43.4 Å². The summed E-state index contributed by atoms with van der Waals surface area (Å²) in [6.07, 6.45) is 3.56. The molecular weight excluding hydrogens is 328 g/mol. The Balaban J connectivity index is 1.47. The number of pyridine rings is 1. The molecule has 0 aromatic carbocycles. The second kappa shape index (κ2) is 7.21. The van der Waals surface area contributed by atoms with E-state index in [-0.39, 0.29) is 6.04 Å².